The molecular formula is C12H19N4O14P3. The highest BCUT2D eigenvalue weighted by Crippen LogP contribution is 2.66. The van der Waals surface area contributed by atoms with Crippen molar-refractivity contribution < 1.29 is 61.4 Å². The van der Waals surface area contributed by atoms with Crippen molar-refractivity contribution >= 4 is 29.3 Å². The molecule has 33 heavy (non-hydrogen) atoms. The fraction of sp³-hybridized carbons (Fsp3) is 0.500. The SMILES string of the molecule is NCC#Cc1cn([C@@H]2O[C@H](COP(=O)(O)OP(=O)(O)OP(=O)(O)O)[C@@H](O)[C@H]2O)c(=O)nc1N. The summed E-state index contributed by atoms with van der Waals surface area (Å²) < 4.78 is 51.2. The van der Waals surface area contributed by atoms with E-state index in [1.807, 2.05) is 0 Å². The number of anilines is 1. The summed E-state index contributed by atoms with van der Waals surface area (Å²) in [7, 11) is -16.8. The maximum Gasteiger partial charge on any atom is 0.490 e. The van der Waals surface area contributed by atoms with Crippen LogP contribution < -0.4 is 17.2 Å². The average molecular weight is 536 g/mol. The van der Waals surface area contributed by atoms with E-state index in [-0.39, 0.29) is 17.9 Å². The maximum atomic E-state index is 12.2. The molecule has 186 valence electrons. The Balaban J connectivity index is 2.15. The first-order valence-electron chi connectivity index (χ1n) is 8.43. The number of nitrogen functional groups attached to an aromatic ring is 1. The molecule has 2 heterocycles. The number of hydrogen-bond donors (Lipinski definition) is 8. The smallest absolute Gasteiger partial charge is 0.387 e. The molecule has 1 aromatic heterocycles. The summed E-state index contributed by atoms with van der Waals surface area (Å²) in [5.41, 5.74) is 9.89. The number of phosphoric ester groups is 1. The predicted octanol–water partition coefficient (Wildman–Crippen LogP) is -2.90. The first kappa shape index (κ1) is 27.7. The van der Waals surface area contributed by atoms with Gasteiger partial charge in [0.2, 0.25) is 0 Å². The molecule has 2 unspecified atom stereocenters. The fourth-order valence-corrected chi connectivity index (χ4v) is 5.50. The third-order valence-corrected chi connectivity index (χ3v) is 7.54. The lowest BCUT2D eigenvalue weighted by atomic mass is 10.1. The van der Waals surface area contributed by atoms with Crippen LogP contribution in [0, 0.1) is 11.8 Å². The Bertz CT molecular complexity index is 1140. The van der Waals surface area contributed by atoms with Crippen LogP contribution in [0.4, 0.5) is 5.82 Å². The van der Waals surface area contributed by atoms with Crippen molar-refractivity contribution in [1.29, 1.82) is 0 Å². The van der Waals surface area contributed by atoms with Crippen molar-refractivity contribution in [2.45, 2.75) is 24.5 Å². The van der Waals surface area contributed by atoms with Gasteiger partial charge in [-0.3, -0.25) is 9.09 Å². The molecule has 0 bridgehead atoms. The van der Waals surface area contributed by atoms with Gasteiger partial charge in [-0.2, -0.15) is 13.6 Å². The summed E-state index contributed by atoms with van der Waals surface area (Å²) >= 11 is 0. The highest BCUT2D eigenvalue weighted by Gasteiger charge is 2.46. The molecule has 1 aliphatic heterocycles. The monoisotopic (exact) mass is 536 g/mol. The number of nitrogens with two attached hydrogens (primary N) is 2. The van der Waals surface area contributed by atoms with Gasteiger partial charge in [0.05, 0.1) is 18.7 Å². The third-order valence-electron chi connectivity index (χ3n) is 3.74. The molecule has 2 rings (SSSR count). The Morgan fingerprint density at radius 3 is 2.33 bits per heavy atom. The Labute approximate surface area is 184 Å². The Morgan fingerprint density at radius 2 is 1.76 bits per heavy atom. The van der Waals surface area contributed by atoms with E-state index in [4.69, 9.17) is 30.9 Å². The minimum absolute atomic E-state index is 0.0392. The second kappa shape index (κ2) is 10.4. The highest BCUT2D eigenvalue weighted by molar-refractivity contribution is 7.66. The normalized spacial score (nSPS) is 26.8. The van der Waals surface area contributed by atoms with E-state index < -0.39 is 60.3 Å². The van der Waals surface area contributed by atoms with Gasteiger partial charge < -0.3 is 46.0 Å². The van der Waals surface area contributed by atoms with E-state index in [2.05, 4.69) is 30.0 Å². The maximum absolute atomic E-state index is 12.2. The van der Waals surface area contributed by atoms with Crippen LogP contribution in [0.3, 0.4) is 0 Å². The molecule has 1 saturated heterocycles. The Kier molecular flexibility index (Phi) is 8.74. The van der Waals surface area contributed by atoms with Gasteiger partial charge >= 0.3 is 29.2 Å². The van der Waals surface area contributed by atoms with Gasteiger partial charge in [-0.1, -0.05) is 11.8 Å². The predicted molar refractivity (Wildman–Crippen MR) is 105 cm³/mol. The zero-order valence-corrected chi connectivity index (χ0v) is 18.8. The lowest BCUT2D eigenvalue weighted by molar-refractivity contribution is -0.0541. The molecule has 21 heteroatoms. The topological polar surface area (TPSA) is 296 Å². The van der Waals surface area contributed by atoms with Crippen LogP contribution in [0.25, 0.3) is 0 Å². The zero-order chi connectivity index (χ0) is 25.2. The zero-order valence-electron chi connectivity index (χ0n) is 16.1. The number of aliphatic hydroxyl groups excluding tert-OH is 2. The van der Waals surface area contributed by atoms with Gasteiger partial charge in [-0.05, 0) is 0 Å². The molecular weight excluding hydrogens is 517 g/mol. The number of phosphoric acid groups is 3. The molecule has 0 aliphatic carbocycles. The third kappa shape index (κ3) is 7.76. The standard InChI is InChI=1S/C12H19N4O14P3/c13-3-1-2-6-4-16(12(19)15-10(6)14)11-9(18)8(17)7(28-11)5-27-32(23,24)30-33(25,26)29-31(20,21)22/h4,7-9,11,17-18H,3,5,13H2,(H,23,24)(H,25,26)(H2,14,15,19)(H2,20,21,22)/t7-,8-,9-,11-/m1/s1. The number of aliphatic hydroxyl groups is 2. The van der Waals surface area contributed by atoms with E-state index in [1.165, 1.54) is 0 Å². The second-order valence-corrected chi connectivity index (χ2v) is 10.6. The molecule has 1 fully saturated rings. The summed E-state index contributed by atoms with van der Waals surface area (Å²) in [6.45, 7) is -1.10. The highest BCUT2D eigenvalue weighted by atomic mass is 31.3. The van der Waals surface area contributed by atoms with Crippen LogP contribution in [-0.2, 0) is 31.6 Å². The van der Waals surface area contributed by atoms with Gasteiger partial charge in [-0.25, -0.2) is 18.5 Å². The van der Waals surface area contributed by atoms with Crippen LogP contribution in [0.5, 0.6) is 0 Å². The van der Waals surface area contributed by atoms with E-state index in [1.54, 1.807) is 0 Å². The van der Waals surface area contributed by atoms with Crippen LogP contribution in [0.1, 0.15) is 11.8 Å². The summed E-state index contributed by atoms with van der Waals surface area (Å²) in [6.07, 6.45) is -5.73. The number of hydrogen-bond acceptors (Lipinski definition) is 13. The first-order valence-corrected chi connectivity index (χ1v) is 12.9. The van der Waals surface area contributed by atoms with Crippen molar-refractivity contribution in [3.05, 3.63) is 22.2 Å². The van der Waals surface area contributed by atoms with Crippen molar-refractivity contribution in [3.8, 4) is 11.8 Å². The minimum atomic E-state index is -5.75. The van der Waals surface area contributed by atoms with E-state index in [9.17, 15) is 33.6 Å². The molecule has 0 saturated carbocycles. The molecule has 1 aliphatic rings. The lowest BCUT2D eigenvalue weighted by Crippen LogP contribution is -2.36. The van der Waals surface area contributed by atoms with Gasteiger partial charge in [0.1, 0.15) is 24.1 Å². The quantitative estimate of drug-likeness (QED) is 0.122. The molecule has 10 N–H and O–H groups in total. The van der Waals surface area contributed by atoms with Crippen molar-refractivity contribution in [2.75, 3.05) is 18.9 Å². The van der Waals surface area contributed by atoms with Gasteiger partial charge in [0.15, 0.2) is 6.23 Å². The first-order chi connectivity index (χ1) is 15.1. The average Bonchev–Trinajstić information content (AvgIpc) is 2.91. The van der Waals surface area contributed by atoms with E-state index >= 15 is 0 Å². The summed E-state index contributed by atoms with van der Waals surface area (Å²) in [5.74, 6) is 4.77. The number of nitrogens with zero attached hydrogens (tertiary/aromatic N) is 2. The molecule has 18 nitrogen and oxygen atoms in total. The molecule has 0 radical (unpaired) electrons. The number of aromatic nitrogens is 2. The molecule has 0 aromatic carbocycles. The van der Waals surface area contributed by atoms with Gasteiger partial charge in [0, 0.05) is 6.20 Å². The van der Waals surface area contributed by atoms with Crippen molar-refractivity contribution in [1.82, 2.24) is 9.55 Å². The lowest BCUT2D eigenvalue weighted by Gasteiger charge is -2.19. The van der Waals surface area contributed by atoms with Gasteiger partial charge in [-0.15, -0.1) is 0 Å². The fourth-order valence-electron chi connectivity index (χ4n) is 2.47. The largest absolute Gasteiger partial charge is 0.490 e. The van der Waals surface area contributed by atoms with Crippen LogP contribution in [-0.4, -0.2) is 70.8 Å². The Hall–Kier alpha value is -1.51. The van der Waals surface area contributed by atoms with E-state index in [0.717, 1.165) is 10.8 Å². The summed E-state index contributed by atoms with van der Waals surface area (Å²) in [5, 5.41) is 20.3. The van der Waals surface area contributed by atoms with Crippen LogP contribution in [0.15, 0.2) is 11.0 Å². The van der Waals surface area contributed by atoms with E-state index in [0.29, 0.717) is 0 Å². The van der Waals surface area contributed by atoms with Crippen molar-refractivity contribution in [3.63, 3.8) is 0 Å². The van der Waals surface area contributed by atoms with Crippen molar-refractivity contribution in [2.24, 2.45) is 5.73 Å². The molecule has 6 atom stereocenters. The number of ether oxygens (including phenoxy) is 1. The minimum Gasteiger partial charge on any atom is -0.387 e. The molecule has 1 aromatic rings. The van der Waals surface area contributed by atoms with Crippen LogP contribution in [0.2, 0.25) is 0 Å². The molecule has 0 amide bonds. The molecule has 0 spiro atoms. The summed E-state index contributed by atoms with van der Waals surface area (Å²) in [4.78, 5) is 51.2. The van der Waals surface area contributed by atoms with Crippen LogP contribution >= 0.6 is 23.5 Å². The second-order valence-electron chi connectivity index (χ2n) is 6.17. The van der Waals surface area contributed by atoms with Gasteiger partial charge in [0.25, 0.3) is 0 Å². The number of rotatable bonds is 8. The summed E-state index contributed by atoms with van der Waals surface area (Å²) in [6, 6.07) is 0. The Morgan fingerprint density at radius 1 is 1.12 bits per heavy atom.